The molecule has 0 aliphatic carbocycles. The van der Waals surface area contributed by atoms with E-state index in [1.807, 2.05) is 41.4 Å². The molecule has 1 amide bonds. The number of likely N-dealkylation sites (tertiary alicyclic amines) is 1. The van der Waals surface area contributed by atoms with Crippen molar-refractivity contribution in [3.8, 4) is 5.75 Å². The summed E-state index contributed by atoms with van der Waals surface area (Å²) in [5.74, 6) is 2.20. The summed E-state index contributed by atoms with van der Waals surface area (Å²) in [5, 5.41) is 9.68. The lowest BCUT2D eigenvalue weighted by Crippen LogP contribution is -2.49. The average molecular weight is 409 g/mol. The third-order valence-electron chi connectivity index (χ3n) is 6.29. The van der Waals surface area contributed by atoms with Crippen molar-refractivity contribution < 1.29 is 9.90 Å². The molecule has 0 radical (unpaired) electrons. The molecule has 160 valence electrons. The lowest BCUT2D eigenvalue weighted by atomic mass is 9.92. The number of anilines is 1. The monoisotopic (exact) mass is 408 g/mol. The van der Waals surface area contributed by atoms with Gasteiger partial charge >= 0.3 is 0 Å². The Balaban J connectivity index is 1.20. The van der Waals surface area contributed by atoms with Crippen molar-refractivity contribution in [2.75, 3.05) is 44.2 Å². The molecule has 2 aliphatic heterocycles. The van der Waals surface area contributed by atoms with E-state index in [0.717, 1.165) is 63.6 Å². The maximum atomic E-state index is 12.7. The highest BCUT2D eigenvalue weighted by atomic mass is 16.3. The van der Waals surface area contributed by atoms with Crippen LogP contribution < -0.4 is 4.90 Å². The molecule has 1 aromatic carbocycles. The Kier molecular flexibility index (Phi) is 6.84. The van der Waals surface area contributed by atoms with Crippen LogP contribution in [0.2, 0.25) is 0 Å². The van der Waals surface area contributed by atoms with Gasteiger partial charge in [0, 0.05) is 51.9 Å². The van der Waals surface area contributed by atoms with E-state index in [2.05, 4.69) is 20.9 Å². The summed E-state index contributed by atoms with van der Waals surface area (Å²) in [6.07, 6.45) is 5.82. The predicted molar refractivity (Wildman–Crippen MR) is 118 cm³/mol. The number of aromatic hydroxyl groups is 1. The SMILES string of the molecule is O=C(CC[C@@H]1CCCN(Cc2cccc(O)c2)C1)N1CCN(c2ccccn2)CC1. The molecule has 2 aliphatic rings. The van der Waals surface area contributed by atoms with Gasteiger partial charge in [0.05, 0.1) is 0 Å². The van der Waals surface area contributed by atoms with Crippen molar-refractivity contribution >= 4 is 11.7 Å². The topological polar surface area (TPSA) is 59.9 Å². The fourth-order valence-electron chi connectivity index (χ4n) is 4.66. The van der Waals surface area contributed by atoms with Crippen LogP contribution >= 0.6 is 0 Å². The summed E-state index contributed by atoms with van der Waals surface area (Å²) in [5.41, 5.74) is 1.15. The van der Waals surface area contributed by atoms with E-state index in [0.29, 0.717) is 24.0 Å². The second kappa shape index (κ2) is 9.94. The summed E-state index contributed by atoms with van der Waals surface area (Å²) in [4.78, 5) is 23.9. The zero-order valence-electron chi connectivity index (χ0n) is 17.6. The summed E-state index contributed by atoms with van der Waals surface area (Å²) in [6, 6.07) is 13.5. The standard InChI is InChI=1S/C24H32N4O2/c29-22-7-3-5-21(17-22)19-26-12-4-6-20(18-26)9-10-24(30)28-15-13-27(14-16-28)23-8-1-2-11-25-23/h1-3,5,7-8,11,17,20,29H,4,6,9-10,12-16,18-19H2/t20-/m0/s1. The molecule has 6 nitrogen and oxygen atoms in total. The maximum absolute atomic E-state index is 12.7. The second-order valence-electron chi connectivity index (χ2n) is 8.51. The molecule has 0 spiro atoms. The molecule has 0 unspecified atom stereocenters. The van der Waals surface area contributed by atoms with Gasteiger partial charge in [-0.3, -0.25) is 9.69 Å². The molecule has 6 heteroatoms. The molecule has 2 aromatic rings. The molecule has 1 atom stereocenters. The first-order valence-corrected chi connectivity index (χ1v) is 11.1. The number of hydrogen-bond donors (Lipinski definition) is 1. The van der Waals surface area contributed by atoms with Crippen LogP contribution in [0.25, 0.3) is 0 Å². The quantitative estimate of drug-likeness (QED) is 0.796. The van der Waals surface area contributed by atoms with Crippen molar-refractivity contribution in [3.05, 3.63) is 54.2 Å². The number of phenols is 1. The number of carbonyl (C=O) groups excluding carboxylic acids is 1. The number of phenolic OH excluding ortho intramolecular Hbond substituents is 1. The van der Waals surface area contributed by atoms with Gasteiger partial charge in [0.15, 0.2) is 0 Å². The van der Waals surface area contributed by atoms with Crippen LogP contribution in [0.5, 0.6) is 5.75 Å². The number of amides is 1. The van der Waals surface area contributed by atoms with Gasteiger partial charge in [-0.15, -0.1) is 0 Å². The van der Waals surface area contributed by atoms with Crippen molar-refractivity contribution in [2.45, 2.75) is 32.2 Å². The molecule has 2 fully saturated rings. The van der Waals surface area contributed by atoms with E-state index >= 15 is 0 Å². The van der Waals surface area contributed by atoms with Crippen molar-refractivity contribution in [1.29, 1.82) is 0 Å². The predicted octanol–water partition coefficient (Wildman–Crippen LogP) is 3.13. The summed E-state index contributed by atoms with van der Waals surface area (Å²) in [6.45, 7) is 6.27. The van der Waals surface area contributed by atoms with Gasteiger partial charge in [0.1, 0.15) is 11.6 Å². The molecule has 4 rings (SSSR count). The lowest BCUT2D eigenvalue weighted by Gasteiger charge is -2.36. The fourth-order valence-corrected chi connectivity index (χ4v) is 4.66. The molecular weight excluding hydrogens is 376 g/mol. The fraction of sp³-hybridized carbons (Fsp3) is 0.500. The van der Waals surface area contributed by atoms with Gasteiger partial charge in [0.25, 0.3) is 0 Å². The second-order valence-corrected chi connectivity index (χ2v) is 8.51. The van der Waals surface area contributed by atoms with Gasteiger partial charge < -0.3 is 14.9 Å². The van der Waals surface area contributed by atoms with E-state index in [1.165, 1.54) is 12.8 Å². The number of carbonyl (C=O) groups is 1. The van der Waals surface area contributed by atoms with Crippen LogP contribution in [0.15, 0.2) is 48.7 Å². The van der Waals surface area contributed by atoms with Gasteiger partial charge in [-0.25, -0.2) is 4.98 Å². The van der Waals surface area contributed by atoms with Crippen molar-refractivity contribution in [1.82, 2.24) is 14.8 Å². The minimum absolute atomic E-state index is 0.292. The highest BCUT2D eigenvalue weighted by Gasteiger charge is 2.24. The van der Waals surface area contributed by atoms with Gasteiger partial charge in [0.2, 0.25) is 5.91 Å². The number of rotatable bonds is 6. The molecular formula is C24H32N4O2. The first kappa shape index (κ1) is 20.7. The molecule has 0 saturated carbocycles. The molecule has 30 heavy (non-hydrogen) atoms. The van der Waals surface area contributed by atoms with Crippen LogP contribution in [0.1, 0.15) is 31.2 Å². The van der Waals surface area contributed by atoms with Gasteiger partial charge in [-0.2, -0.15) is 0 Å². The summed E-state index contributed by atoms with van der Waals surface area (Å²) in [7, 11) is 0. The van der Waals surface area contributed by atoms with E-state index in [-0.39, 0.29) is 0 Å². The molecule has 2 saturated heterocycles. The minimum Gasteiger partial charge on any atom is -0.508 e. The largest absolute Gasteiger partial charge is 0.508 e. The molecule has 1 aromatic heterocycles. The zero-order chi connectivity index (χ0) is 20.8. The zero-order valence-corrected chi connectivity index (χ0v) is 17.6. The Morgan fingerprint density at radius 3 is 2.70 bits per heavy atom. The van der Waals surface area contributed by atoms with Crippen LogP contribution in [-0.2, 0) is 11.3 Å². The van der Waals surface area contributed by atoms with Crippen molar-refractivity contribution in [3.63, 3.8) is 0 Å². The van der Waals surface area contributed by atoms with Gasteiger partial charge in [-0.05, 0) is 61.6 Å². The molecule has 1 N–H and O–H groups in total. The number of nitrogens with zero attached hydrogens (tertiary/aromatic N) is 4. The highest BCUT2D eigenvalue weighted by molar-refractivity contribution is 5.76. The number of hydrogen-bond acceptors (Lipinski definition) is 5. The summed E-state index contributed by atoms with van der Waals surface area (Å²) < 4.78 is 0. The van der Waals surface area contributed by atoms with Crippen molar-refractivity contribution in [2.24, 2.45) is 5.92 Å². The lowest BCUT2D eigenvalue weighted by molar-refractivity contribution is -0.131. The Bertz CT molecular complexity index is 821. The van der Waals surface area contributed by atoms with Gasteiger partial charge in [-0.1, -0.05) is 18.2 Å². The number of benzene rings is 1. The van der Waals surface area contributed by atoms with Crippen LogP contribution in [0.3, 0.4) is 0 Å². The average Bonchev–Trinajstić information content (AvgIpc) is 2.78. The first-order chi connectivity index (χ1) is 14.7. The number of piperazine rings is 1. The number of pyridine rings is 1. The van der Waals surface area contributed by atoms with E-state index in [4.69, 9.17) is 0 Å². The van der Waals surface area contributed by atoms with Crippen LogP contribution in [-0.4, -0.2) is 65.1 Å². The Morgan fingerprint density at radius 2 is 1.93 bits per heavy atom. The van der Waals surface area contributed by atoms with E-state index in [9.17, 15) is 9.90 Å². The van der Waals surface area contributed by atoms with E-state index < -0.39 is 0 Å². The Hall–Kier alpha value is -2.60. The third-order valence-corrected chi connectivity index (χ3v) is 6.29. The van der Waals surface area contributed by atoms with Crippen LogP contribution in [0, 0.1) is 5.92 Å². The smallest absolute Gasteiger partial charge is 0.222 e. The summed E-state index contributed by atoms with van der Waals surface area (Å²) >= 11 is 0. The normalized spacial score (nSPS) is 20.3. The molecule has 0 bridgehead atoms. The number of piperidine rings is 1. The Morgan fingerprint density at radius 1 is 1.07 bits per heavy atom. The van der Waals surface area contributed by atoms with Crippen LogP contribution in [0.4, 0.5) is 5.82 Å². The third kappa shape index (κ3) is 5.51. The number of aromatic nitrogens is 1. The minimum atomic E-state index is 0.292. The van der Waals surface area contributed by atoms with E-state index in [1.54, 1.807) is 6.07 Å². The first-order valence-electron chi connectivity index (χ1n) is 11.1. The molecule has 3 heterocycles. The highest BCUT2D eigenvalue weighted by Crippen LogP contribution is 2.24. The Labute approximate surface area is 179 Å². The maximum Gasteiger partial charge on any atom is 0.222 e.